The number of hydrogen-bond acceptors (Lipinski definition) is 6. The molecule has 1 aliphatic rings. The van der Waals surface area contributed by atoms with Gasteiger partial charge in [0.25, 0.3) is 11.8 Å². The van der Waals surface area contributed by atoms with E-state index in [1.807, 2.05) is 18.2 Å². The Bertz CT molecular complexity index is 1240. The molecule has 0 spiro atoms. The van der Waals surface area contributed by atoms with Crippen LogP contribution in [-0.4, -0.2) is 62.2 Å². The number of thiophene rings is 1. The van der Waals surface area contributed by atoms with Gasteiger partial charge in [0.2, 0.25) is 0 Å². The molecule has 1 saturated heterocycles. The number of pyridine rings is 1. The first-order chi connectivity index (χ1) is 15.0. The zero-order valence-electron chi connectivity index (χ0n) is 16.7. The topological polar surface area (TPSA) is 111 Å². The lowest BCUT2D eigenvalue weighted by Crippen LogP contribution is -2.52. The van der Waals surface area contributed by atoms with E-state index in [1.165, 1.54) is 11.3 Å². The lowest BCUT2D eigenvalue weighted by atomic mass is 9.91. The Hall–Kier alpha value is -3.30. The van der Waals surface area contributed by atoms with Crippen LogP contribution < -0.4 is 5.32 Å². The minimum atomic E-state index is -1.03. The first-order valence-electron chi connectivity index (χ1n) is 10.1. The van der Waals surface area contributed by atoms with Crippen molar-refractivity contribution in [2.24, 2.45) is 0 Å². The number of fused-ring (bicyclic) bond motifs is 2. The number of carbonyl (C=O) groups excluding carboxylic acids is 2. The third-order valence-electron chi connectivity index (χ3n) is 5.80. The fourth-order valence-corrected chi connectivity index (χ4v) is 4.87. The molecular formula is C22H21N5O3S. The van der Waals surface area contributed by atoms with Crippen molar-refractivity contribution in [1.29, 1.82) is 0 Å². The molecule has 0 aliphatic carbocycles. The number of amides is 2. The van der Waals surface area contributed by atoms with Gasteiger partial charge in [-0.1, -0.05) is 6.07 Å². The summed E-state index contributed by atoms with van der Waals surface area (Å²) in [5.41, 5.74) is 0.261. The third-order valence-corrected chi connectivity index (χ3v) is 6.87. The maximum atomic E-state index is 12.9. The van der Waals surface area contributed by atoms with E-state index in [1.54, 1.807) is 35.6 Å². The van der Waals surface area contributed by atoms with Crippen LogP contribution in [0.15, 0.2) is 48.9 Å². The highest BCUT2D eigenvalue weighted by atomic mass is 32.1. The average molecular weight is 436 g/mol. The number of aromatic amines is 1. The normalized spacial score (nSPS) is 16.0. The molecule has 31 heavy (non-hydrogen) atoms. The molecule has 1 fully saturated rings. The highest BCUT2D eigenvalue weighted by Gasteiger charge is 2.35. The van der Waals surface area contributed by atoms with Gasteiger partial charge in [-0.2, -0.15) is 5.10 Å². The first kappa shape index (κ1) is 19.7. The Morgan fingerprint density at radius 1 is 1.16 bits per heavy atom. The number of hydrogen-bond donors (Lipinski definition) is 3. The number of rotatable bonds is 4. The Kier molecular flexibility index (Phi) is 4.91. The van der Waals surface area contributed by atoms with E-state index < -0.39 is 5.60 Å². The fourth-order valence-electron chi connectivity index (χ4n) is 3.87. The van der Waals surface area contributed by atoms with E-state index in [0.29, 0.717) is 36.4 Å². The molecule has 8 nitrogen and oxygen atoms in total. The molecule has 1 aromatic carbocycles. The maximum Gasteiger partial charge on any atom is 0.263 e. The molecule has 0 radical (unpaired) electrons. The quantitative estimate of drug-likeness (QED) is 0.456. The predicted molar refractivity (Wildman–Crippen MR) is 118 cm³/mol. The summed E-state index contributed by atoms with van der Waals surface area (Å²) in [6, 6.07) is 9.09. The molecule has 158 valence electrons. The number of aromatic nitrogens is 3. The van der Waals surface area contributed by atoms with E-state index in [0.717, 1.165) is 21.0 Å². The van der Waals surface area contributed by atoms with Gasteiger partial charge < -0.3 is 15.3 Å². The molecule has 2 amide bonds. The number of carbonyl (C=O) groups is 2. The molecule has 3 aromatic heterocycles. The lowest BCUT2D eigenvalue weighted by Gasteiger charge is -2.38. The number of aliphatic hydroxyl groups is 1. The zero-order valence-corrected chi connectivity index (χ0v) is 17.5. The van der Waals surface area contributed by atoms with Gasteiger partial charge in [-0.15, -0.1) is 11.3 Å². The first-order valence-corrected chi connectivity index (χ1v) is 10.9. The highest BCUT2D eigenvalue weighted by molar-refractivity contribution is 7.20. The van der Waals surface area contributed by atoms with Crippen LogP contribution in [0.25, 0.3) is 21.0 Å². The van der Waals surface area contributed by atoms with Crippen LogP contribution in [0.3, 0.4) is 0 Å². The summed E-state index contributed by atoms with van der Waals surface area (Å²) in [7, 11) is 0. The predicted octanol–water partition coefficient (Wildman–Crippen LogP) is 2.57. The van der Waals surface area contributed by atoms with Crippen LogP contribution in [0.2, 0.25) is 0 Å². The molecule has 0 bridgehead atoms. The van der Waals surface area contributed by atoms with E-state index in [-0.39, 0.29) is 18.4 Å². The molecule has 4 heterocycles. The summed E-state index contributed by atoms with van der Waals surface area (Å²) in [5.74, 6) is -0.275. The summed E-state index contributed by atoms with van der Waals surface area (Å²) < 4.78 is 0.982. The van der Waals surface area contributed by atoms with Crippen molar-refractivity contribution in [3.8, 4) is 0 Å². The molecule has 4 aromatic rings. The summed E-state index contributed by atoms with van der Waals surface area (Å²) in [6.45, 7) is 1.03. The molecular weight excluding hydrogens is 414 g/mol. The van der Waals surface area contributed by atoms with Crippen LogP contribution in [0.4, 0.5) is 0 Å². The van der Waals surface area contributed by atoms with Crippen molar-refractivity contribution >= 4 is 44.1 Å². The molecule has 0 saturated carbocycles. The summed E-state index contributed by atoms with van der Waals surface area (Å²) in [5, 5.41) is 22.5. The second-order valence-corrected chi connectivity index (χ2v) is 8.98. The monoisotopic (exact) mass is 435 g/mol. The standard InChI is InChI=1S/C22H21N5O3S/c28-20(15-1-2-16-11-25-26-17(16)9-15)24-13-22(30)4-7-27(8-5-22)21(29)18-10-14-3-6-23-12-19(14)31-18/h1-3,6,9-12,30H,4-5,7-8,13H2,(H,24,28)(H,25,26). The minimum absolute atomic E-state index is 0.0276. The number of piperidine rings is 1. The fraction of sp³-hybridized carbons (Fsp3) is 0.273. The smallest absolute Gasteiger partial charge is 0.263 e. The number of nitrogens with zero attached hydrogens (tertiary/aromatic N) is 3. The van der Waals surface area contributed by atoms with E-state index in [2.05, 4.69) is 20.5 Å². The van der Waals surface area contributed by atoms with Crippen molar-refractivity contribution in [3.05, 3.63) is 59.4 Å². The second-order valence-electron chi connectivity index (χ2n) is 7.90. The minimum Gasteiger partial charge on any atom is -0.388 e. The van der Waals surface area contributed by atoms with Crippen molar-refractivity contribution in [1.82, 2.24) is 25.4 Å². The number of nitrogens with one attached hydrogen (secondary N) is 2. The molecule has 9 heteroatoms. The Labute approximate surface area is 181 Å². The van der Waals surface area contributed by atoms with Crippen LogP contribution in [0.5, 0.6) is 0 Å². The van der Waals surface area contributed by atoms with Crippen LogP contribution in [0, 0.1) is 0 Å². The van der Waals surface area contributed by atoms with Crippen molar-refractivity contribution in [3.63, 3.8) is 0 Å². The molecule has 5 rings (SSSR count). The largest absolute Gasteiger partial charge is 0.388 e. The van der Waals surface area contributed by atoms with Crippen LogP contribution >= 0.6 is 11.3 Å². The van der Waals surface area contributed by atoms with Gasteiger partial charge in [0.1, 0.15) is 0 Å². The number of H-pyrrole nitrogens is 1. The summed E-state index contributed by atoms with van der Waals surface area (Å²) >= 11 is 1.43. The Morgan fingerprint density at radius 3 is 2.81 bits per heavy atom. The van der Waals surface area contributed by atoms with Crippen LogP contribution in [0.1, 0.15) is 32.9 Å². The second kappa shape index (κ2) is 7.75. The average Bonchev–Trinajstić information content (AvgIpc) is 3.44. The Balaban J connectivity index is 1.18. The molecule has 3 N–H and O–H groups in total. The van der Waals surface area contributed by atoms with Gasteiger partial charge in [0, 0.05) is 43.0 Å². The van der Waals surface area contributed by atoms with Gasteiger partial charge in [-0.3, -0.25) is 19.7 Å². The number of benzene rings is 1. The lowest BCUT2D eigenvalue weighted by molar-refractivity contribution is -0.0148. The maximum absolute atomic E-state index is 12.9. The SMILES string of the molecule is O=C(NCC1(O)CCN(C(=O)c2cc3ccncc3s2)CC1)c1ccc2cn[nH]c2c1. The number of likely N-dealkylation sites (tertiary alicyclic amines) is 1. The highest BCUT2D eigenvalue weighted by Crippen LogP contribution is 2.28. The molecule has 0 unspecified atom stereocenters. The van der Waals surface area contributed by atoms with E-state index in [9.17, 15) is 14.7 Å². The summed E-state index contributed by atoms with van der Waals surface area (Å²) in [6.07, 6.45) is 5.99. The van der Waals surface area contributed by atoms with Crippen molar-refractivity contribution in [2.75, 3.05) is 19.6 Å². The van der Waals surface area contributed by atoms with Gasteiger partial charge in [0.15, 0.2) is 0 Å². The van der Waals surface area contributed by atoms with Gasteiger partial charge in [-0.05, 0) is 42.5 Å². The van der Waals surface area contributed by atoms with Crippen molar-refractivity contribution < 1.29 is 14.7 Å². The third kappa shape index (κ3) is 3.89. The Morgan fingerprint density at radius 2 is 2.00 bits per heavy atom. The van der Waals surface area contributed by atoms with E-state index in [4.69, 9.17) is 0 Å². The van der Waals surface area contributed by atoms with Gasteiger partial charge >= 0.3 is 0 Å². The molecule has 0 atom stereocenters. The van der Waals surface area contributed by atoms with Gasteiger partial charge in [0.05, 0.1) is 26.9 Å². The van der Waals surface area contributed by atoms with E-state index >= 15 is 0 Å². The molecule has 1 aliphatic heterocycles. The summed E-state index contributed by atoms with van der Waals surface area (Å²) in [4.78, 5) is 31.9. The van der Waals surface area contributed by atoms with Gasteiger partial charge in [-0.25, -0.2) is 0 Å². The van der Waals surface area contributed by atoms with Crippen molar-refractivity contribution in [2.45, 2.75) is 18.4 Å². The zero-order chi connectivity index (χ0) is 21.4. The van der Waals surface area contributed by atoms with Crippen LogP contribution in [-0.2, 0) is 0 Å².